The van der Waals surface area contributed by atoms with Crippen LogP contribution in [-0.4, -0.2) is 35.7 Å². The molecule has 2 aliphatic heterocycles. The summed E-state index contributed by atoms with van der Waals surface area (Å²) in [5, 5.41) is 3.48. The van der Waals surface area contributed by atoms with Crippen LogP contribution in [-0.2, 0) is 7.05 Å². The van der Waals surface area contributed by atoms with E-state index in [2.05, 4.69) is 21.3 Å². The molecule has 4 rings (SSSR count). The Labute approximate surface area is 130 Å². The van der Waals surface area contributed by atoms with Gasteiger partial charge in [-0.1, -0.05) is 6.07 Å². The quantitative estimate of drug-likeness (QED) is 0.845. The molecule has 0 saturated carbocycles. The zero-order valence-electron chi connectivity index (χ0n) is 13.2. The number of anilines is 1. The number of aromatic nitrogens is 2. The number of aromatic amines is 1. The molecule has 2 fully saturated rings. The molecule has 0 radical (unpaired) electrons. The van der Waals surface area contributed by atoms with Gasteiger partial charge in [-0.25, -0.2) is 4.79 Å². The van der Waals surface area contributed by atoms with Crippen LogP contribution in [0.25, 0.3) is 11.0 Å². The van der Waals surface area contributed by atoms with E-state index in [0.717, 1.165) is 24.1 Å². The van der Waals surface area contributed by atoms with Crippen molar-refractivity contribution >= 4 is 16.7 Å². The van der Waals surface area contributed by atoms with E-state index in [4.69, 9.17) is 0 Å². The van der Waals surface area contributed by atoms with E-state index in [0.29, 0.717) is 5.41 Å². The fourth-order valence-electron chi connectivity index (χ4n) is 4.22. The van der Waals surface area contributed by atoms with E-state index < -0.39 is 0 Å². The van der Waals surface area contributed by atoms with Gasteiger partial charge in [-0.3, -0.25) is 4.57 Å². The summed E-state index contributed by atoms with van der Waals surface area (Å²) >= 11 is 0. The fraction of sp³-hybridized carbons (Fsp3) is 0.588. The van der Waals surface area contributed by atoms with Gasteiger partial charge in [0.15, 0.2) is 0 Å². The van der Waals surface area contributed by atoms with Crippen LogP contribution in [0, 0.1) is 5.41 Å². The molecule has 118 valence electrons. The first-order valence-corrected chi connectivity index (χ1v) is 8.32. The van der Waals surface area contributed by atoms with Gasteiger partial charge in [0.25, 0.3) is 0 Å². The Hall–Kier alpha value is -1.75. The number of imidazole rings is 1. The highest BCUT2D eigenvalue weighted by molar-refractivity contribution is 5.89. The van der Waals surface area contributed by atoms with E-state index in [9.17, 15) is 4.79 Å². The Morgan fingerprint density at radius 1 is 1.09 bits per heavy atom. The number of H-pyrrole nitrogens is 1. The van der Waals surface area contributed by atoms with E-state index in [1.165, 1.54) is 44.5 Å². The van der Waals surface area contributed by atoms with Gasteiger partial charge in [0.2, 0.25) is 0 Å². The second-order valence-corrected chi connectivity index (χ2v) is 6.90. The molecule has 2 aliphatic rings. The van der Waals surface area contributed by atoms with Crippen molar-refractivity contribution in [3.63, 3.8) is 0 Å². The number of aryl methyl sites for hydroxylation is 1. The molecule has 2 N–H and O–H groups in total. The Morgan fingerprint density at radius 2 is 1.82 bits per heavy atom. The first-order valence-electron chi connectivity index (χ1n) is 8.32. The van der Waals surface area contributed by atoms with Gasteiger partial charge in [-0.05, 0) is 56.3 Å². The maximum Gasteiger partial charge on any atom is 0.326 e. The molecule has 0 atom stereocenters. The van der Waals surface area contributed by atoms with Crippen LogP contribution in [0.2, 0.25) is 0 Å². The SMILES string of the molecule is Cn1c(=O)[nH]c2cccc(N3CCC4(CCNCC4)CC3)c21. The first kappa shape index (κ1) is 13.9. The van der Waals surface area contributed by atoms with Gasteiger partial charge in [-0.15, -0.1) is 0 Å². The van der Waals surface area contributed by atoms with Gasteiger partial charge in [-0.2, -0.15) is 0 Å². The summed E-state index contributed by atoms with van der Waals surface area (Å²) in [6, 6.07) is 6.18. The van der Waals surface area contributed by atoms with Gasteiger partial charge < -0.3 is 15.2 Å². The summed E-state index contributed by atoms with van der Waals surface area (Å²) in [5.41, 5.74) is 3.69. The molecular formula is C17H24N4O. The second-order valence-electron chi connectivity index (χ2n) is 6.90. The van der Waals surface area contributed by atoms with Crippen molar-refractivity contribution < 1.29 is 0 Å². The average molecular weight is 300 g/mol. The number of nitrogens with zero attached hydrogens (tertiary/aromatic N) is 2. The van der Waals surface area contributed by atoms with Gasteiger partial charge >= 0.3 is 5.69 Å². The number of nitrogens with one attached hydrogen (secondary N) is 2. The first-order chi connectivity index (χ1) is 10.7. The summed E-state index contributed by atoms with van der Waals surface area (Å²) in [7, 11) is 1.85. The Bertz CT molecular complexity index is 729. The van der Waals surface area contributed by atoms with E-state index in [-0.39, 0.29) is 5.69 Å². The molecule has 0 aliphatic carbocycles. The Kier molecular flexibility index (Phi) is 3.26. The summed E-state index contributed by atoms with van der Waals surface area (Å²) in [4.78, 5) is 17.3. The Balaban J connectivity index is 1.63. The molecule has 2 saturated heterocycles. The third kappa shape index (κ3) is 2.15. The van der Waals surface area contributed by atoms with Crippen LogP contribution in [0.5, 0.6) is 0 Å². The molecule has 5 heteroatoms. The number of fused-ring (bicyclic) bond motifs is 1. The van der Waals surface area contributed by atoms with Crippen LogP contribution in [0.15, 0.2) is 23.0 Å². The van der Waals surface area contributed by atoms with E-state index >= 15 is 0 Å². The average Bonchev–Trinajstić information content (AvgIpc) is 2.84. The van der Waals surface area contributed by atoms with Crippen molar-refractivity contribution in [2.75, 3.05) is 31.1 Å². The lowest BCUT2D eigenvalue weighted by Gasteiger charge is -2.45. The highest BCUT2D eigenvalue weighted by atomic mass is 16.1. The van der Waals surface area contributed by atoms with Crippen molar-refractivity contribution in [1.29, 1.82) is 0 Å². The Morgan fingerprint density at radius 3 is 2.55 bits per heavy atom. The maximum atomic E-state index is 11.9. The maximum absolute atomic E-state index is 11.9. The molecule has 1 aromatic carbocycles. The van der Waals surface area contributed by atoms with Crippen molar-refractivity contribution in [2.24, 2.45) is 12.5 Å². The summed E-state index contributed by atoms with van der Waals surface area (Å²) in [5.74, 6) is 0. The molecule has 1 spiro atoms. The van der Waals surface area contributed by atoms with Crippen LogP contribution >= 0.6 is 0 Å². The molecule has 0 unspecified atom stereocenters. The lowest BCUT2D eigenvalue weighted by atomic mass is 9.71. The number of hydrogen-bond donors (Lipinski definition) is 2. The predicted octanol–water partition coefficient (Wildman–Crippen LogP) is 1.84. The minimum Gasteiger partial charge on any atom is -0.370 e. The van der Waals surface area contributed by atoms with Gasteiger partial charge in [0.1, 0.15) is 0 Å². The zero-order chi connectivity index (χ0) is 15.2. The molecule has 0 bridgehead atoms. The number of piperidine rings is 2. The molecule has 3 heterocycles. The van der Waals surface area contributed by atoms with Crippen LogP contribution in [0.1, 0.15) is 25.7 Å². The predicted molar refractivity (Wildman–Crippen MR) is 89.5 cm³/mol. The van der Waals surface area contributed by atoms with Crippen molar-refractivity contribution in [3.8, 4) is 0 Å². The minimum atomic E-state index is -0.0331. The highest BCUT2D eigenvalue weighted by Gasteiger charge is 2.35. The van der Waals surface area contributed by atoms with Gasteiger partial charge in [0.05, 0.1) is 16.7 Å². The number of rotatable bonds is 1. The fourth-order valence-corrected chi connectivity index (χ4v) is 4.22. The standard InChI is InChI=1S/C17H24N4O/c1-20-15-13(19-16(20)22)3-2-4-14(15)21-11-7-17(8-12-21)5-9-18-10-6-17/h2-4,18H,5-12H2,1H3,(H,19,22). The molecule has 0 amide bonds. The molecular weight excluding hydrogens is 276 g/mol. The molecule has 22 heavy (non-hydrogen) atoms. The van der Waals surface area contributed by atoms with Crippen molar-refractivity contribution in [2.45, 2.75) is 25.7 Å². The molecule has 5 nitrogen and oxygen atoms in total. The number of hydrogen-bond acceptors (Lipinski definition) is 3. The normalized spacial score (nSPS) is 21.6. The van der Waals surface area contributed by atoms with Crippen LogP contribution in [0.4, 0.5) is 5.69 Å². The largest absolute Gasteiger partial charge is 0.370 e. The second kappa shape index (κ2) is 5.16. The zero-order valence-corrected chi connectivity index (χ0v) is 13.2. The highest BCUT2D eigenvalue weighted by Crippen LogP contribution is 2.41. The van der Waals surface area contributed by atoms with Crippen LogP contribution in [0.3, 0.4) is 0 Å². The summed E-state index contributed by atoms with van der Waals surface area (Å²) < 4.78 is 1.74. The molecule has 2 aromatic rings. The monoisotopic (exact) mass is 300 g/mol. The smallest absolute Gasteiger partial charge is 0.326 e. The van der Waals surface area contributed by atoms with Gasteiger partial charge in [0, 0.05) is 20.1 Å². The van der Waals surface area contributed by atoms with E-state index in [1.807, 2.05) is 19.2 Å². The third-order valence-electron chi connectivity index (χ3n) is 5.73. The minimum absolute atomic E-state index is 0.0331. The lowest BCUT2D eigenvalue weighted by Crippen LogP contribution is -2.45. The number of para-hydroxylation sites is 1. The summed E-state index contributed by atoms with van der Waals surface area (Å²) in [6.07, 6.45) is 5.16. The van der Waals surface area contributed by atoms with Crippen LogP contribution < -0.4 is 15.9 Å². The number of benzene rings is 1. The van der Waals surface area contributed by atoms with Crippen molar-refractivity contribution in [3.05, 3.63) is 28.7 Å². The molecule has 1 aromatic heterocycles. The van der Waals surface area contributed by atoms with Crippen molar-refractivity contribution in [1.82, 2.24) is 14.9 Å². The third-order valence-corrected chi connectivity index (χ3v) is 5.73. The summed E-state index contributed by atoms with van der Waals surface area (Å²) in [6.45, 7) is 4.53. The van der Waals surface area contributed by atoms with E-state index in [1.54, 1.807) is 4.57 Å². The topological polar surface area (TPSA) is 53.1 Å². The lowest BCUT2D eigenvalue weighted by molar-refractivity contribution is 0.155.